The van der Waals surface area contributed by atoms with Crippen molar-refractivity contribution in [3.8, 4) is 0 Å². The molecule has 0 rings (SSSR count). The van der Waals surface area contributed by atoms with Gasteiger partial charge >= 0.3 is 0 Å². The van der Waals surface area contributed by atoms with Gasteiger partial charge < -0.3 is 15.5 Å². The second kappa shape index (κ2) is 40.8. The smallest absolute Gasteiger partial charge is 0.220 e. The number of amides is 1. The number of allylic oxidation sites excluding steroid dienone is 7. The molecule has 0 aromatic carbocycles. The van der Waals surface area contributed by atoms with Crippen LogP contribution < -0.4 is 5.32 Å². The van der Waals surface area contributed by atoms with Crippen LogP contribution in [0.2, 0.25) is 0 Å². The van der Waals surface area contributed by atoms with Crippen molar-refractivity contribution >= 4 is 5.91 Å². The van der Waals surface area contributed by atoms with Crippen LogP contribution in [0, 0.1) is 0 Å². The fraction of sp³-hybridized carbons (Fsp3) is 0.800. The minimum atomic E-state index is -0.868. The number of rotatable bonds is 38. The predicted octanol–water partition coefficient (Wildman–Crippen LogP) is 13.2. The van der Waals surface area contributed by atoms with Crippen LogP contribution in [0.4, 0.5) is 0 Å². The van der Waals surface area contributed by atoms with Crippen LogP contribution in [0.1, 0.15) is 213 Å². The van der Waals surface area contributed by atoms with Crippen molar-refractivity contribution in [2.45, 2.75) is 225 Å². The number of aliphatic hydroxyl groups excluding tert-OH is 2. The number of unbranched alkanes of at least 4 members (excludes halogenated alkanes) is 25. The van der Waals surface area contributed by atoms with E-state index in [4.69, 9.17) is 0 Å². The Morgan fingerprint density at radius 1 is 0.490 bits per heavy atom. The maximum Gasteiger partial charge on any atom is 0.220 e. The molecule has 1 amide bonds. The lowest BCUT2D eigenvalue weighted by atomic mass is 10.0. The molecule has 286 valence electrons. The highest BCUT2D eigenvalue weighted by atomic mass is 16.3. The van der Waals surface area contributed by atoms with Gasteiger partial charge in [-0.05, 0) is 57.8 Å². The molecule has 0 aliphatic carbocycles. The van der Waals surface area contributed by atoms with Crippen molar-refractivity contribution in [3.05, 3.63) is 48.6 Å². The Balaban J connectivity index is 3.62. The topological polar surface area (TPSA) is 69.6 Å². The molecule has 3 N–H and O–H groups in total. The first-order valence-electron chi connectivity index (χ1n) is 21.4. The van der Waals surface area contributed by atoms with E-state index in [0.29, 0.717) is 6.42 Å². The monoisotopic (exact) mass is 686 g/mol. The zero-order valence-corrected chi connectivity index (χ0v) is 32.7. The number of hydrogen-bond donors (Lipinski definition) is 3. The van der Waals surface area contributed by atoms with Crippen molar-refractivity contribution in [3.63, 3.8) is 0 Å². The molecule has 0 aromatic rings. The van der Waals surface area contributed by atoms with Crippen LogP contribution in [-0.2, 0) is 4.79 Å². The molecule has 49 heavy (non-hydrogen) atoms. The van der Waals surface area contributed by atoms with Gasteiger partial charge in [0.1, 0.15) is 0 Å². The van der Waals surface area contributed by atoms with Gasteiger partial charge in [-0.3, -0.25) is 4.79 Å². The first kappa shape index (κ1) is 47.4. The number of carbonyl (C=O) groups is 1. The Hall–Kier alpha value is -1.65. The van der Waals surface area contributed by atoms with E-state index in [-0.39, 0.29) is 12.5 Å². The molecule has 0 heterocycles. The standard InChI is InChI=1S/C45H83NO3/c1-3-5-7-9-11-13-15-17-19-20-21-22-23-24-25-26-27-28-30-32-34-36-38-40-44(48)43(42-47)46-45(49)41-39-37-35-33-31-29-18-16-14-12-10-8-6-4-2/h10,12,16,18,30,32,38,40,43-44,47-48H,3-9,11,13-15,17,19-29,31,33-37,39,41-42H2,1-2H3,(H,46,49)/b12-10-,18-16-,32-30+,40-38+. The average Bonchev–Trinajstić information content (AvgIpc) is 3.10. The largest absolute Gasteiger partial charge is 0.394 e. The fourth-order valence-electron chi connectivity index (χ4n) is 6.21. The Bertz CT molecular complexity index is 786. The number of aliphatic hydroxyl groups is 2. The SMILES string of the molecule is CCCC/C=C\C/C=C\CCCCCCCC(=O)NC(CO)C(O)/C=C/CC/C=C/CCCCCCCCCCCCCCCCCCC. The van der Waals surface area contributed by atoms with E-state index >= 15 is 0 Å². The van der Waals surface area contributed by atoms with Gasteiger partial charge in [-0.2, -0.15) is 0 Å². The summed E-state index contributed by atoms with van der Waals surface area (Å²) in [7, 11) is 0. The van der Waals surface area contributed by atoms with Gasteiger partial charge in [0.2, 0.25) is 5.91 Å². The molecular formula is C45H83NO3. The Kier molecular flexibility index (Phi) is 39.4. The summed E-state index contributed by atoms with van der Waals surface area (Å²) in [5, 5.41) is 22.9. The number of carbonyl (C=O) groups excluding carboxylic acids is 1. The average molecular weight is 686 g/mol. The molecule has 0 aliphatic rings. The Labute approximate surface area is 305 Å². The minimum absolute atomic E-state index is 0.0892. The van der Waals surface area contributed by atoms with Gasteiger partial charge in [0.25, 0.3) is 0 Å². The van der Waals surface area contributed by atoms with E-state index in [1.165, 1.54) is 141 Å². The van der Waals surface area contributed by atoms with Gasteiger partial charge in [0, 0.05) is 6.42 Å². The molecule has 0 saturated heterocycles. The quantitative estimate of drug-likeness (QED) is 0.0447. The van der Waals surface area contributed by atoms with Crippen molar-refractivity contribution in [2.75, 3.05) is 6.61 Å². The summed E-state index contributed by atoms with van der Waals surface area (Å²) >= 11 is 0. The lowest BCUT2D eigenvalue weighted by Crippen LogP contribution is -2.45. The fourth-order valence-corrected chi connectivity index (χ4v) is 6.21. The molecule has 2 unspecified atom stereocenters. The molecular weight excluding hydrogens is 602 g/mol. The molecule has 0 aromatic heterocycles. The molecule has 0 aliphatic heterocycles. The van der Waals surface area contributed by atoms with Gasteiger partial charge in [0.15, 0.2) is 0 Å². The van der Waals surface area contributed by atoms with Crippen molar-refractivity contribution in [1.29, 1.82) is 0 Å². The van der Waals surface area contributed by atoms with Crippen LogP contribution in [0.25, 0.3) is 0 Å². The predicted molar refractivity (Wildman–Crippen MR) is 216 cm³/mol. The summed E-state index contributed by atoms with van der Waals surface area (Å²) in [5.41, 5.74) is 0. The lowest BCUT2D eigenvalue weighted by molar-refractivity contribution is -0.123. The van der Waals surface area contributed by atoms with Crippen molar-refractivity contribution in [2.24, 2.45) is 0 Å². The zero-order chi connectivity index (χ0) is 35.7. The summed E-state index contributed by atoms with van der Waals surface area (Å²) in [6.07, 6.45) is 55.0. The second-order valence-electron chi connectivity index (χ2n) is 14.4. The highest BCUT2D eigenvalue weighted by Gasteiger charge is 2.17. The van der Waals surface area contributed by atoms with Gasteiger partial charge in [0.05, 0.1) is 18.8 Å². The first-order chi connectivity index (χ1) is 24.2. The molecule has 0 saturated carbocycles. The van der Waals surface area contributed by atoms with E-state index in [0.717, 1.165) is 51.4 Å². The Morgan fingerprint density at radius 2 is 0.878 bits per heavy atom. The molecule has 4 nitrogen and oxygen atoms in total. The van der Waals surface area contributed by atoms with E-state index in [1.807, 2.05) is 6.08 Å². The molecule has 2 atom stereocenters. The summed E-state index contributed by atoms with van der Waals surface area (Å²) < 4.78 is 0. The summed E-state index contributed by atoms with van der Waals surface area (Å²) in [6, 6.07) is -0.646. The third-order valence-electron chi connectivity index (χ3n) is 9.53. The molecule has 0 bridgehead atoms. The maximum absolute atomic E-state index is 12.3. The third-order valence-corrected chi connectivity index (χ3v) is 9.53. The minimum Gasteiger partial charge on any atom is -0.394 e. The molecule has 0 fully saturated rings. The highest BCUT2D eigenvalue weighted by Crippen LogP contribution is 2.15. The van der Waals surface area contributed by atoms with E-state index in [1.54, 1.807) is 6.08 Å². The molecule has 0 radical (unpaired) electrons. The second-order valence-corrected chi connectivity index (χ2v) is 14.4. The maximum atomic E-state index is 12.3. The van der Waals surface area contributed by atoms with Crippen LogP contribution in [0.5, 0.6) is 0 Å². The molecule has 0 spiro atoms. The van der Waals surface area contributed by atoms with Crippen LogP contribution >= 0.6 is 0 Å². The van der Waals surface area contributed by atoms with E-state index in [9.17, 15) is 15.0 Å². The Morgan fingerprint density at radius 3 is 1.37 bits per heavy atom. The van der Waals surface area contributed by atoms with Crippen LogP contribution in [0.15, 0.2) is 48.6 Å². The normalized spacial score (nSPS) is 13.5. The summed E-state index contributed by atoms with van der Waals surface area (Å²) in [4.78, 5) is 12.3. The number of hydrogen-bond acceptors (Lipinski definition) is 3. The zero-order valence-electron chi connectivity index (χ0n) is 32.7. The summed E-state index contributed by atoms with van der Waals surface area (Å²) in [5.74, 6) is -0.0892. The third kappa shape index (κ3) is 37.4. The van der Waals surface area contributed by atoms with E-state index in [2.05, 4.69) is 55.6 Å². The van der Waals surface area contributed by atoms with Crippen molar-refractivity contribution in [1.82, 2.24) is 5.32 Å². The van der Waals surface area contributed by atoms with Gasteiger partial charge in [-0.15, -0.1) is 0 Å². The van der Waals surface area contributed by atoms with Crippen LogP contribution in [-0.4, -0.2) is 34.9 Å². The van der Waals surface area contributed by atoms with Crippen molar-refractivity contribution < 1.29 is 15.0 Å². The van der Waals surface area contributed by atoms with Crippen LogP contribution in [0.3, 0.4) is 0 Å². The highest BCUT2D eigenvalue weighted by molar-refractivity contribution is 5.76. The van der Waals surface area contributed by atoms with Gasteiger partial charge in [-0.1, -0.05) is 197 Å². The van der Waals surface area contributed by atoms with Gasteiger partial charge in [-0.25, -0.2) is 0 Å². The molecule has 4 heteroatoms. The lowest BCUT2D eigenvalue weighted by Gasteiger charge is -2.19. The first-order valence-corrected chi connectivity index (χ1v) is 21.4. The number of nitrogens with one attached hydrogen (secondary N) is 1. The summed E-state index contributed by atoms with van der Waals surface area (Å²) in [6.45, 7) is 4.25. The van der Waals surface area contributed by atoms with E-state index < -0.39 is 12.1 Å².